The number of amides is 2. The Balaban J connectivity index is 1.56. The van der Waals surface area contributed by atoms with Crippen LogP contribution in [0, 0.1) is 10.1 Å². The van der Waals surface area contributed by atoms with Crippen LogP contribution in [0.4, 0.5) is 29.3 Å². The van der Waals surface area contributed by atoms with Crippen molar-refractivity contribution in [3.05, 3.63) is 64.2 Å². The van der Waals surface area contributed by atoms with Gasteiger partial charge in [0.15, 0.2) is 0 Å². The van der Waals surface area contributed by atoms with Gasteiger partial charge in [-0.2, -0.15) is 0 Å². The molecule has 11 heteroatoms. The van der Waals surface area contributed by atoms with Gasteiger partial charge in [0.25, 0.3) is 5.69 Å². The van der Waals surface area contributed by atoms with Gasteiger partial charge in [-0.15, -0.1) is 13.2 Å². The number of benzene rings is 2. The number of carbonyl (C=O) groups is 1. The quantitative estimate of drug-likeness (QED) is 0.586. The summed E-state index contributed by atoms with van der Waals surface area (Å²) in [4.78, 5) is 26.5. The summed E-state index contributed by atoms with van der Waals surface area (Å²) in [6.07, 6.45) is -4.82. The van der Waals surface area contributed by atoms with E-state index in [1.165, 1.54) is 29.2 Å². The number of nitro benzene ring substituents is 1. The molecule has 0 spiro atoms. The van der Waals surface area contributed by atoms with Gasteiger partial charge in [0.2, 0.25) is 0 Å². The van der Waals surface area contributed by atoms with Gasteiger partial charge in [-0.05, 0) is 12.1 Å². The van der Waals surface area contributed by atoms with E-state index in [4.69, 9.17) is 0 Å². The zero-order valence-electron chi connectivity index (χ0n) is 15.8. The van der Waals surface area contributed by atoms with Crippen molar-refractivity contribution >= 4 is 17.4 Å². The second kappa shape index (κ2) is 8.89. The van der Waals surface area contributed by atoms with Crippen LogP contribution in [0.25, 0.3) is 0 Å². The number of nitrogens with zero attached hydrogens (tertiary/aromatic N) is 3. The van der Waals surface area contributed by atoms with Crippen molar-refractivity contribution in [2.75, 3.05) is 31.1 Å². The summed E-state index contributed by atoms with van der Waals surface area (Å²) in [6, 6.07) is 11.5. The SMILES string of the molecule is O=C(NCc1ccccc1OC(F)(F)F)N1CCN(c2ccccc2[N+](=O)[O-])CC1. The zero-order valence-corrected chi connectivity index (χ0v) is 15.8. The number of halogens is 3. The van der Waals surface area contributed by atoms with Crippen molar-refractivity contribution in [3.8, 4) is 5.75 Å². The van der Waals surface area contributed by atoms with Gasteiger partial charge in [0.1, 0.15) is 11.4 Å². The molecule has 0 saturated carbocycles. The van der Waals surface area contributed by atoms with Gasteiger partial charge in [-0.3, -0.25) is 10.1 Å². The number of urea groups is 1. The lowest BCUT2D eigenvalue weighted by Crippen LogP contribution is -2.51. The second-order valence-corrected chi connectivity index (χ2v) is 6.53. The van der Waals surface area contributed by atoms with Crippen molar-refractivity contribution in [3.63, 3.8) is 0 Å². The Kier molecular flexibility index (Phi) is 6.28. The molecule has 30 heavy (non-hydrogen) atoms. The van der Waals surface area contributed by atoms with Gasteiger partial charge in [0.05, 0.1) is 4.92 Å². The lowest BCUT2D eigenvalue weighted by Gasteiger charge is -2.35. The Morgan fingerprint density at radius 2 is 1.70 bits per heavy atom. The predicted molar refractivity (Wildman–Crippen MR) is 102 cm³/mol. The van der Waals surface area contributed by atoms with Crippen LogP contribution in [0.3, 0.4) is 0 Å². The van der Waals surface area contributed by atoms with Crippen LogP contribution >= 0.6 is 0 Å². The lowest BCUT2D eigenvalue weighted by molar-refractivity contribution is -0.384. The molecular weight excluding hydrogens is 405 g/mol. The number of nitro groups is 1. The standard InChI is InChI=1S/C19H19F3N4O4/c20-19(21,22)30-17-8-4-1-5-14(17)13-23-18(27)25-11-9-24(10-12-25)15-6-2-3-7-16(15)26(28)29/h1-8H,9-13H2,(H,23,27). The normalized spacial score (nSPS) is 14.4. The van der Waals surface area contributed by atoms with Gasteiger partial charge in [-0.25, -0.2) is 4.79 Å². The summed E-state index contributed by atoms with van der Waals surface area (Å²) in [5, 5.41) is 13.8. The summed E-state index contributed by atoms with van der Waals surface area (Å²) in [6.45, 7) is 1.30. The number of anilines is 1. The molecule has 0 atom stereocenters. The van der Waals surface area contributed by atoms with Crippen molar-refractivity contribution < 1.29 is 27.6 Å². The molecule has 0 bridgehead atoms. The Morgan fingerprint density at radius 1 is 1.07 bits per heavy atom. The van der Waals surface area contributed by atoms with Crippen molar-refractivity contribution in [2.45, 2.75) is 12.9 Å². The van der Waals surface area contributed by atoms with Crippen molar-refractivity contribution in [1.29, 1.82) is 0 Å². The van der Waals surface area contributed by atoms with E-state index in [0.717, 1.165) is 0 Å². The first-order valence-electron chi connectivity index (χ1n) is 9.09. The number of alkyl halides is 3. The summed E-state index contributed by atoms with van der Waals surface area (Å²) in [7, 11) is 0. The molecule has 160 valence electrons. The monoisotopic (exact) mass is 424 g/mol. The predicted octanol–water partition coefficient (Wildman–Crippen LogP) is 3.53. The molecule has 0 unspecified atom stereocenters. The summed E-state index contributed by atoms with van der Waals surface area (Å²) in [5.74, 6) is -0.369. The number of ether oxygens (including phenoxy) is 1. The highest BCUT2D eigenvalue weighted by molar-refractivity contribution is 5.75. The van der Waals surface area contributed by atoms with E-state index in [2.05, 4.69) is 10.1 Å². The Morgan fingerprint density at radius 3 is 2.37 bits per heavy atom. The van der Waals surface area contributed by atoms with E-state index >= 15 is 0 Å². The van der Waals surface area contributed by atoms with Crippen LogP contribution < -0.4 is 15.0 Å². The molecule has 1 aliphatic rings. The molecule has 1 aliphatic heterocycles. The van der Waals surface area contributed by atoms with Crippen LogP contribution in [0.5, 0.6) is 5.75 Å². The average Bonchev–Trinajstić information content (AvgIpc) is 2.72. The molecule has 2 aromatic carbocycles. The molecule has 0 radical (unpaired) electrons. The van der Waals surface area contributed by atoms with Crippen molar-refractivity contribution in [2.24, 2.45) is 0 Å². The smallest absolute Gasteiger partial charge is 0.405 e. The maximum absolute atomic E-state index is 12.5. The highest BCUT2D eigenvalue weighted by Crippen LogP contribution is 2.28. The Bertz CT molecular complexity index is 915. The van der Waals surface area contributed by atoms with Gasteiger partial charge in [-0.1, -0.05) is 30.3 Å². The third-order valence-corrected chi connectivity index (χ3v) is 4.61. The minimum atomic E-state index is -4.82. The number of hydrogen-bond acceptors (Lipinski definition) is 5. The molecular formula is C19H19F3N4O4. The first kappa shape index (κ1) is 21.2. The molecule has 1 fully saturated rings. The maximum atomic E-state index is 12.5. The van der Waals surface area contributed by atoms with Crippen LogP contribution in [-0.2, 0) is 6.54 Å². The van der Waals surface area contributed by atoms with E-state index in [1.807, 2.05) is 4.90 Å². The third-order valence-electron chi connectivity index (χ3n) is 4.61. The van der Waals surface area contributed by atoms with Gasteiger partial charge < -0.3 is 19.9 Å². The first-order chi connectivity index (χ1) is 14.2. The van der Waals surface area contributed by atoms with E-state index in [9.17, 15) is 28.1 Å². The topological polar surface area (TPSA) is 88.0 Å². The lowest BCUT2D eigenvalue weighted by atomic mass is 10.2. The average molecular weight is 424 g/mol. The van der Waals surface area contributed by atoms with Crippen LogP contribution in [0.1, 0.15) is 5.56 Å². The highest BCUT2D eigenvalue weighted by atomic mass is 19.4. The van der Waals surface area contributed by atoms with Crippen LogP contribution in [-0.4, -0.2) is 48.4 Å². The molecule has 1 saturated heterocycles. The molecule has 3 rings (SSSR count). The third kappa shape index (κ3) is 5.31. The number of nitrogens with one attached hydrogen (secondary N) is 1. The molecule has 0 aromatic heterocycles. The fourth-order valence-corrected chi connectivity index (χ4v) is 3.19. The zero-order chi connectivity index (χ0) is 21.7. The summed E-state index contributed by atoms with van der Waals surface area (Å²) < 4.78 is 41.5. The first-order valence-corrected chi connectivity index (χ1v) is 9.09. The Labute approximate surface area is 170 Å². The fraction of sp³-hybridized carbons (Fsp3) is 0.316. The van der Waals surface area contributed by atoms with Gasteiger partial charge in [0, 0.05) is 44.4 Å². The maximum Gasteiger partial charge on any atom is 0.573 e. The number of carbonyl (C=O) groups excluding carboxylic acids is 1. The number of hydrogen-bond donors (Lipinski definition) is 1. The molecule has 1 N–H and O–H groups in total. The molecule has 2 aromatic rings. The summed E-state index contributed by atoms with van der Waals surface area (Å²) >= 11 is 0. The second-order valence-electron chi connectivity index (χ2n) is 6.53. The molecule has 0 aliphatic carbocycles. The minimum Gasteiger partial charge on any atom is -0.405 e. The number of rotatable bonds is 5. The fourth-order valence-electron chi connectivity index (χ4n) is 3.19. The highest BCUT2D eigenvalue weighted by Gasteiger charge is 2.32. The molecule has 8 nitrogen and oxygen atoms in total. The molecule has 2 amide bonds. The van der Waals surface area contributed by atoms with Crippen molar-refractivity contribution in [1.82, 2.24) is 10.2 Å². The van der Waals surface area contributed by atoms with Gasteiger partial charge >= 0.3 is 12.4 Å². The van der Waals surface area contributed by atoms with Crippen LogP contribution in [0.2, 0.25) is 0 Å². The van der Waals surface area contributed by atoms with E-state index in [-0.39, 0.29) is 23.5 Å². The van der Waals surface area contributed by atoms with E-state index in [1.54, 1.807) is 24.3 Å². The van der Waals surface area contributed by atoms with Crippen LogP contribution in [0.15, 0.2) is 48.5 Å². The minimum absolute atomic E-state index is 0.00308. The summed E-state index contributed by atoms with van der Waals surface area (Å²) in [5.41, 5.74) is 0.680. The molecule has 1 heterocycles. The largest absolute Gasteiger partial charge is 0.573 e. The van der Waals surface area contributed by atoms with E-state index < -0.39 is 17.3 Å². The Hall–Kier alpha value is -3.50. The number of para-hydroxylation sites is 3. The number of piperazine rings is 1. The van der Waals surface area contributed by atoms with E-state index in [0.29, 0.717) is 31.9 Å².